The van der Waals surface area contributed by atoms with Crippen LogP contribution in [0, 0.1) is 11.5 Å². The fourth-order valence-corrected chi connectivity index (χ4v) is 5.02. The second-order valence-electron chi connectivity index (χ2n) is 9.87. The second kappa shape index (κ2) is 15.2. The molecule has 0 amide bonds. The summed E-state index contributed by atoms with van der Waals surface area (Å²) in [7, 11) is 0. The van der Waals surface area contributed by atoms with Gasteiger partial charge in [-0.05, 0) is 5.41 Å². The molecule has 38 heavy (non-hydrogen) atoms. The first-order valence-corrected chi connectivity index (χ1v) is 13.7. The molecule has 5 aromatic carbocycles. The van der Waals surface area contributed by atoms with Gasteiger partial charge in [0.1, 0.15) is 0 Å². The van der Waals surface area contributed by atoms with Crippen LogP contribution in [0.1, 0.15) is 38.3 Å². The van der Waals surface area contributed by atoms with Crippen molar-refractivity contribution in [3.05, 3.63) is 150 Å². The molecule has 5 aromatic rings. The summed E-state index contributed by atoms with van der Waals surface area (Å²) < 4.78 is 1.42. The summed E-state index contributed by atoms with van der Waals surface area (Å²) in [6.45, 7) is 6.64. The minimum absolute atomic E-state index is 0. The molecule has 0 spiro atoms. The topological polar surface area (TPSA) is 0 Å². The molecule has 0 radical (unpaired) electrons. The molecule has 0 nitrogen and oxygen atoms in total. The molecule has 1 aliphatic rings. The number of hydrogen-bond donors (Lipinski definition) is 0. The van der Waals surface area contributed by atoms with Crippen molar-refractivity contribution in [1.29, 1.82) is 0 Å². The molecule has 0 unspecified atom stereocenters. The van der Waals surface area contributed by atoms with Gasteiger partial charge in [0.15, 0.2) is 0 Å². The van der Waals surface area contributed by atoms with Gasteiger partial charge in [-0.2, -0.15) is 6.08 Å². The third-order valence-corrected chi connectivity index (χ3v) is 7.57. The molecule has 0 N–H and O–H groups in total. The van der Waals surface area contributed by atoms with Gasteiger partial charge in [-0.1, -0.05) is 57.2 Å². The minimum atomic E-state index is 0. The zero-order valence-corrected chi connectivity index (χ0v) is 26.1. The molecule has 0 saturated heterocycles. The Morgan fingerprint density at radius 2 is 1.08 bits per heavy atom. The van der Waals surface area contributed by atoms with Crippen LogP contribution in [-0.4, -0.2) is 3.21 Å². The normalized spacial score (nSPS) is 11.8. The van der Waals surface area contributed by atoms with Gasteiger partial charge in [-0.3, -0.25) is 6.08 Å². The molecule has 0 aromatic heterocycles. The van der Waals surface area contributed by atoms with Crippen molar-refractivity contribution in [3.8, 4) is 0 Å². The summed E-state index contributed by atoms with van der Waals surface area (Å²) in [6.07, 6.45) is 8.63. The zero-order chi connectivity index (χ0) is 25.4. The van der Waals surface area contributed by atoms with Gasteiger partial charge >= 0.3 is 99.2 Å². The number of rotatable bonds is 2. The Labute approximate surface area is 255 Å². The molecular formula is C35H32Cl2Zr-2. The second-order valence-corrected chi connectivity index (χ2v) is 11.1. The Kier molecular flexibility index (Phi) is 12.7. The van der Waals surface area contributed by atoms with E-state index >= 15 is 0 Å². The van der Waals surface area contributed by atoms with Crippen LogP contribution < -0.4 is 24.8 Å². The predicted molar refractivity (Wildman–Crippen MR) is 153 cm³/mol. The van der Waals surface area contributed by atoms with Gasteiger partial charge < -0.3 is 24.8 Å². The fourth-order valence-electron chi connectivity index (χ4n) is 4.20. The van der Waals surface area contributed by atoms with E-state index in [0.29, 0.717) is 5.41 Å². The van der Waals surface area contributed by atoms with Crippen molar-refractivity contribution >= 4 is 24.8 Å². The molecule has 0 saturated carbocycles. The van der Waals surface area contributed by atoms with Crippen LogP contribution in [0.3, 0.4) is 0 Å². The number of allylic oxidation sites excluding steroid dienone is 4. The van der Waals surface area contributed by atoms with E-state index in [-0.39, 0.29) is 24.8 Å². The van der Waals surface area contributed by atoms with Gasteiger partial charge in [0.25, 0.3) is 0 Å². The van der Waals surface area contributed by atoms with Gasteiger partial charge in [0, 0.05) is 0 Å². The molecule has 1 aliphatic carbocycles. The smallest absolute Gasteiger partial charge is 0.0771 e. The van der Waals surface area contributed by atoms with Crippen LogP contribution in [0.2, 0.25) is 0 Å². The summed E-state index contributed by atoms with van der Waals surface area (Å²) in [5, 5.41) is 5.39. The molecule has 192 valence electrons. The van der Waals surface area contributed by atoms with E-state index in [2.05, 4.69) is 154 Å². The molecule has 3 heteroatoms. The number of halogens is 2. The molecule has 6 rings (SSSR count). The number of fused-ring (bicyclic) bond motifs is 3. The van der Waals surface area contributed by atoms with Crippen molar-refractivity contribution in [3.63, 3.8) is 0 Å². The molecular weight excluding hydrogens is 583 g/mol. The van der Waals surface area contributed by atoms with Crippen molar-refractivity contribution in [1.82, 2.24) is 0 Å². The van der Waals surface area contributed by atoms with Crippen molar-refractivity contribution < 1.29 is 49.0 Å². The molecule has 0 aliphatic heterocycles. The monoisotopic (exact) mass is 612 g/mol. The Balaban J connectivity index is 0.000000200. The van der Waals surface area contributed by atoms with Gasteiger partial charge in [-0.15, -0.1) is 46.2 Å². The Morgan fingerprint density at radius 3 is 1.45 bits per heavy atom. The first kappa shape index (κ1) is 31.8. The molecule has 0 atom stereocenters. The van der Waals surface area contributed by atoms with Crippen LogP contribution >= 0.6 is 0 Å². The summed E-state index contributed by atoms with van der Waals surface area (Å²) in [5.41, 5.74) is 4.31. The Hall–Kier alpha value is -2.44. The minimum Gasteiger partial charge on any atom is -0.126 e. The predicted octanol–water partition coefficient (Wildman–Crippen LogP) is 3.24. The average molecular weight is 615 g/mol. The fraction of sp³-hybridized carbons (Fsp3) is 0.143. The van der Waals surface area contributed by atoms with E-state index in [0.717, 1.165) is 6.42 Å². The maximum absolute atomic E-state index is 3.30. The van der Waals surface area contributed by atoms with Crippen molar-refractivity contribution in [2.45, 2.75) is 27.2 Å². The maximum atomic E-state index is 3.30. The third-order valence-electron chi connectivity index (χ3n) is 6.15. The van der Waals surface area contributed by atoms with Crippen LogP contribution in [0.5, 0.6) is 0 Å². The quantitative estimate of drug-likeness (QED) is 0.268. The molecule has 0 bridgehead atoms. The van der Waals surface area contributed by atoms with Crippen LogP contribution in [0.15, 0.2) is 133 Å². The van der Waals surface area contributed by atoms with E-state index in [9.17, 15) is 0 Å². The number of hydrogen-bond acceptors (Lipinski definition) is 0. The maximum Gasteiger partial charge on any atom is -0.0771 e. The van der Waals surface area contributed by atoms with E-state index < -0.39 is 0 Å². The summed E-state index contributed by atoms with van der Waals surface area (Å²) in [6, 6.07) is 40.4. The average Bonchev–Trinajstić information content (AvgIpc) is 3.59. The van der Waals surface area contributed by atoms with Crippen LogP contribution in [-0.2, 0) is 24.2 Å². The summed E-state index contributed by atoms with van der Waals surface area (Å²) in [4.78, 5) is 0. The van der Waals surface area contributed by atoms with Crippen LogP contribution in [0.25, 0.3) is 21.5 Å². The van der Waals surface area contributed by atoms with Crippen molar-refractivity contribution in [2.75, 3.05) is 0 Å². The standard InChI is InChI=1S/C13H9.C13H10.C9H13.2ClH.Zr/c1-3-7-12-10(5-1)9-11-6-2-4-8-13(11)12;1-3-7-12(8-4-1)11-13-9-5-2-6-10-13;1-9(2,3)8-6-4-5-7-8;;;/h1-9H;1-10H;4,6H,5H2,1-3H3;2*1H;/q-1;;-1;;;+2/p-2. The number of benzene rings is 4. The van der Waals surface area contributed by atoms with Gasteiger partial charge in [-0.25, -0.2) is 11.6 Å². The van der Waals surface area contributed by atoms with E-state index in [1.807, 2.05) is 0 Å². The first-order chi connectivity index (χ1) is 17.4. The van der Waals surface area contributed by atoms with Gasteiger partial charge in [0.05, 0.1) is 0 Å². The Bertz CT molecular complexity index is 1400. The van der Waals surface area contributed by atoms with Crippen molar-refractivity contribution in [2.24, 2.45) is 5.41 Å². The van der Waals surface area contributed by atoms with E-state index in [1.165, 1.54) is 65.7 Å². The Morgan fingerprint density at radius 1 is 0.658 bits per heavy atom. The first-order valence-electron chi connectivity index (χ1n) is 12.4. The summed E-state index contributed by atoms with van der Waals surface area (Å²) >= 11 is 1.46. The molecule has 0 heterocycles. The SMILES string of the molecule is CC(C)(C)C1=[C-]CC=C1.[Cl-].[Cl-].[Zr+2]=[C](c1ccccc1)c1ccccc1.c1ccc2c(c1)[cH-]c1ccccc12. The van der Waals surface area contributed by atoms with Crippen LogP contribution in [0.4, 0.5) is 0 Å². The molecule has 0 fully saturated rings. The third kappa shape index (κ3) is 8.54. The largest absolute Gasteiger partial charge is 0.126 e. The zero-order valence-electron chi connectivity index (χ0n) is 22.1. The van der Waals surface area contributed by atoms with E-state index in [4.69, 9.17) is 0 Å². The van der Waals surface area contributed by atoms with Gasteiger partial charge in [0.2, 0.25) is 0 Å². The van der Waals surface area contributed by atoms with E-state index in [1.54, 1.807) is 0 Å². The summed E-state index contributed by atoms with van der Waals surface area (Å²) in [5.74, 6) is 0.